The molecule has 1 aromatic carbocycles. The lowest BCUT2D eigenvalue weighted by Crippen LogP contribution is -2.42. The molecule has 1 fully saturated rings. The molecule has 3 rings (SSSR count). The number of benzene rings is 1. The molecule has 1 amide bonds. The van der Waals surface area contributed by atoms with Gasteiger partial charge in [-0.05, 0) is 30.4 Å². The fourth-order valence-electron chi connectivity index (χ4n) is 2.33. The molecule has 1 unspecified atom stereocenters. The average Bonchev–Trinajstić information content (AvgIpc) is 3.25. The van der Waals surface area contributed by atoms with Crippen LogP contribution in [-0.2, 0) is 11.2 Å². The molecule has 7 heteroatoms. The van der Waals surface area contributed by atoms with E-state index in [1.807, 2.05) is 0 Å². The molecule has 0 radical (unpaired) electrons. The highest BCUT2D eigenvalue weighted by Gasteiger charge is 2.37. The van der Waals surface area contributed by atoms with E-state index in [2.05, 4.69) is 10.3 Å². The Bertz CT molecular complexity index is 742. The number of hydrogen-bond donors (Lipinski definition) is 2. The van der Waals surface area contributed by atoms with E-state index in [1.165, 1.54) is 17.4 Å². The standard InChI is InChI=1S/C16H15FN2O3S/c17-11-4-2-1-3-10(11)7-13-18-12(8-23-13)15(20)19-14(16(21)22)9-5-6-9/h1-4,8-9,14H,5-7H2,(H,19,20)(H,21,22). The van der Waals surface area contributed by atoms with Crippen molar-refractivity contribution in [2.45, 2.75) is 25.3 Å². The minimum absolute atomic E-state index is 0.00738. The Morgan fingerprint density at radius 3 is 2.78 bits per heavy atom. The number of carboxylic acid groups (broad SMARTS) is 1. The number of amides is 1. The van der Waals surface area contributed by atoms with Gasteiger partial charge in [-0.2, -0.15) is 0 Å². The highest BCUT2D eigenvalue weighted by atomic mass is 32.1. The van der Waals surface area contributed by atoms with Crippen molar-refractivity contribution in [1.82, 2.24) is 10.3 Å². The Balaban J connectivity index is 1.67. The first-order valence-corrected chi connectivity index (χ1v) is 8.14. The number of rotatable bonds is 6. The quantitative estimate of drug-likeness (QED) is 0.850. The Kier molecular flexibility index (Phi) is 4.38. The maximum absolute atomic E-state index is 13.6. The second kappa shape index (κ2) is 6.45. The van der Waals surface area contributed by atoms with Gasteiger partial charge in [0.05, 0.1) is 5.01 Å². The number of nitrogens with zero attached hydrogens (tertiary/aromatic N) is 1. The smallest absolute Gasteiger partial charge is 0.326 e. The summed E-state index contributed by atoms with van der Waals surface area (Å²) in [5, 5.41) is 13.8. The zero-order valence-electron chi connectivity index (χ0n) is 12.2. The van der Waals surface area contributed by atoms with Gasteiger partial charge in [-0.3, -0.25) is 4.79 Å². The van der Waals surface area contributed by atoms with Crippen LogP contribution in [0.3, 0.4) is 0 Å². The summed E-state index contributed by atoms with van der Waals surface area (Å²) in [6.07, 6.45) is 1.93. The van der Waals surface area contributed by atoms with Crippen LogP contribution in [-0.4, -0.2) is 28.0 Å². The Morgan fingerprint density at radius 2 is 2.13 bits per heavy atom. The van der Waals surface area contributed by atoms with E-state index >= 15 is 0 Å². The number of aliphatic carboxylic acids is 1. The van der Waals surface area contributed by atoms with Gasteiger partial charge >= 0.3 is 5.97 Å². The highest BCUT2D eigenvalue weighted by molar-refractivity contribution is 7.09. The van der Waals surface area contributed by atoms with E-state index in [9.17, 15) is 14.0 Å². The molecule has 1 atom stereocenters. The van der Waals surface area contributed by atoms with Crippen LogP contribution in [0.1, 0.15) is 33.9 Å². The Morgan fingerprint density at radius 1 is 1.39 bits per heavy atom. The van der Waals surface area contributed by atoms with Crippen molar-refractivity contribution in [3.8, 4) is 0 Å². The van der Waals surface area contributed by atoms with Crippen LogP contribution in [0.25, 0.3) is 0 Å². The van der Waals surface area contributed by atoms with E-state index in [0.717, 1.165) is 12.8 Å². The van der Waals surface area contributed by atoms with Crippen LogP contribution < -0.4 is 5.32 Å². The maximum atomic E-state index is 13.6. The molecule has 0 spiro atoms. The fraction of sp³-hybridized carbons (Fsp3) is 0.312. The van der Waals surface area contributed by atoms with Gasteiger partial charge in [-0.1, -0.05) is 18.2 Å². The number of carboxylic acids is 1. The third kappa shape index (κ3) is 3.73. The predicted molar refractivity (Wildman–Crippen MR) is 82.9 cm³/mol. The second-order valence-corrected chi connectivity index (χ2v) is 6.46. The highest BCUT2D eigenvalue weighted by Crippen LogP contribution is 2.32. The van der Waals surface area contributed by atoms with Crippen LogP contribution in [0.15, 0.2) is 29.6 Å². The summed E-state index contributed by atoms with van der Waals surface area (Å²) in [5.41, 5.74) is 0.684. The number of aromatic nitrogens is 1. The first-order chi connectivity index (χ1) is 11.0. The van der Waals surface area contributed by atoms with Crippen molar-refractivity contribution >= 4 is 23.2 Å². The molecule has 1 heterocycles. The third-order valence-corrected chi connectivity index (χ3v) is 4.58. The molecule has 120 valence electrons. The number of hydrogen-bond acceptors (Lipinski definition) is 4. The van der Waals surface area contributed by atoms with E-state index in [0.29, 0.717) is 17.0 Å². The fourth-order valence-corrected chi connectivity index (χ4v) is 3.12. The number of thiazole rings is 1. The number of halogens is 1. The average molecular weight is 334 g/mol. The minimum atomic E-state index is -1.03. The van der Waals surface area contributed by atoms with E-state index in [1.54, 1.807) is 23.6 Å². The molecule has 2 N–H and O–H groups in total. The Hall–Kier alpha value is -2.28. The normalized spacial score (nSPS) is 15.2. The van der Waals surface area contributed by atoms with Gasteiger partial charge in [0, 0.05) is 11.8 Å². The van der Waals surface area contributed by atoms with Gasteiger partial charge in [0.25, 0.3) is 5.91 Å². The summed E-state index contributed by atoms with van der Waals surface area (Å²) >= 11 is 1.25. The molecular formula is C16H15FN2O3S. The minimum Gasteiger partial charge on any atom is -0.480 e. The largest absolute Gasteiger partial charge is 0.480 e. The number of carbonyl (C=O) groups excluding carboxylic acids is 1. The predicted octanol–water partition coefficient (Wildman–Crippen LogP) is 2.47. The van der Waals surface area contributed by atoms with Crippen molar-refractivity contribution in [3.63, 3.8) is 0 Å². The molecule has 0 saturated heterocycles. The molecule has 1 aliphatic rings. The summed E-state index contributed by atoms with van der Waals surface area (Å²) in [4.78, 5) is 27.5. The second-order valence-electron chi connectivity index (χ2n) is 5.52. The van der Waals surface area contributed by atoms with Gasteiger partial charge < -0.3 is 10.4 Å². The van der Waals surface area contributed by atoms with E-state index in [4.69, 9.17) is 5.11 Å². The number of carbonyl (C=O) groups is 2. The molecule has 23 heavy (non-hydrogen) atoms. The van der Waals surface area contributed by atoms with Gasteiger partial charge in [-0.15, -0.1) is 11.3 Å². The zero-order valence-corrected chi connectivity index (χ0v) is 13.0. The van der Waals surface area contributed by atoms with E-state index < -0.39 is 17.9 Å². The van der Waals surface area contributed by atoms with Gasteiger partial charge in [0.15, 0.2) is 0 Å². The third-order valence-electron chi connectivity index (χ3n) is 3.73. The van der Waals surface area contributed by atoms with Crippen LogP contribution >= 0.6 is 11.3 Å². The summed E-state index contributed by atoms with van der Waals surface area (Å²) in [6, 6.07) is 5.54. The van der Waals surface area contributed by atoms with Crippen LogP contribution in [0.5, 0.6) is 0 Å². The Labute approximate surface area is 136 Å². The molecule has 0 aliphatic heterocycles. The van der Waals surface area contributed by atoms with Crippen molar-refractivity contribution in [1.29, 1.82) is 0 Å². The SMILES string of the molecule is O=C(NC(C(=O)O)C1CC1)c1csc(Cc2ccccc2F)n1. The molecule has 1 aromatic heterocycles. The molecule has 1 aliphatic carbocycles. The van der Waals surface area contributed by atoms with Crippen molar-refractivity contribution in [2.75, 3.05) is 0 Å². The first kappa shape index (κ1) is 15.6. The monoisotopic (exact) mass is 334 g/mol. The van der Waals surface area contributed by atoms with Gasteiger partial charge in [0.2, 0.25) is 0 Å². The zero-order chi connectivity index (χ0) is 16.4. The summed E-state index contributed by atoms with van der Waals surface area (Å²) in [6.45, 7) is 0. The van der Waals surface area contributed by atoms with Gasteiger partial charge in [-0.25, -0.2) is 14.2 Å². The first-order valence-electron chi connectivity index (χ1n) is 7.26. The van der Waals surface area contributed by atoms with Gasteiger partial charge in [0.1, 0.15) is 17.6 Å². The van der Waals surface area contributed by atoms with Crippen LogP contribution in [0.2, 0.25) is 0 Å². The van der Waals surface area contributed by atoms with E-state index in [-0.39, 0.29) is 17.4 Å². The van der Waals surface area contributed by atoms with Crippen LogP contribution in [0.4, 0.5) is 4.39 Å². The number of nitrogens with one attached hydrogen (secondary N) is 1. The summed E-state index contributed by atoms with van der Waals surface area (Å²) < 4.78 is 13.6. The topological polar surface area (TPSA) is 79.3 Å². The lowest BCUT2D eigenvalue weighted by molar-refractivity contribution is -0.139. The lowest BCUT2D eigenvalue weighted by atomic mass is 10.1. The maximum Gasteiger partial charge on any atom is 0.326 e. The molecule has 1 saturated carbocycles. The summed E-state index contributed by atoms with van der Waals surface area (Å²) in [7, 11) is 0. The van der Waals surface area contributed by atoms with Crippen LogP contribution in [0, 0.1) is 11.7 Å². The lowest BCUT2D eigenvalue weighted by Gasteiger charge is -2.12. The molecule has 0 bridgehead atoms. The molecule has 5 nitrogen and oxygen atoms in total. The van der Waals surface area contributed by atoms with Crippen molar-refractivity contribution < 1.29 is 19.1 Å². The van der Waals surface area contributed by atoms with Crippen molar-refractivity contribution in [2.24, 2.45) is 5.92 Å². The molecular weight excluding hydrogens is 319 g/mol. The molecule has 2 aromatic rings. The summed E-state index contributed by atoms with van der Waals surface area (Å²) in [5.74, 6) is -1.83. The van der Waals surface area contributed by atoms with Crippen molar-refractivity contribution in [3.05, 3.63) is 51.7 Å².